The van der Waals surface area contributed by atoms with Gasteiger partial charge in [0.25, 0.3) is 0 Å². The van der Waals surface area contributed by atoms with Crippen LogP contribution in [0.25, 0.3) is 11.4 Å². The Labute approximate surface area is 141 Å². The highest BCUT2D eigenvalue weighted by Crippen LogP contribution is 2.33. The van der Waals surface area contributed by atoms with E-state index in [0.717, 1.165) is 50.0 Å². The average Bonchev–Trinajstić information content (AvgIpc) is 3.32. The average molecular weight is 323 g/mol. The number of rotatable bonds is 3. The first kappa shape index (κ1) is 15.1. The summed E-state index contributed by atoms with van der Waals surface area (Å²) in [4.78, 5) is 23.5. The molecule has 0 radical (unpaired) electrons. The Morgan fingerprint density at radius 1 is 1.21 bits per heavy atom. The number of hydrogen-bond donors (Lipinski definition) is 1. The Hall–Kier alpha value is -2.50. The van der Waals surface area contributed by atoms with Crippen molar-refractivity contribution in [3.63, 3.8) is 0 Å². The lowest BCUT2D eigenvalue weighted by Crippen LogP contribution is -2.36. The fourth-order valence-electron chi connectivity index (χ4n) is 3.62. The number of aromatic nitrogens is 4. The van der Waals surface area contributed by atoms with Gasteiger partial charge in [-0.05, 0) is 44.2 Å². The first-order valence-corrected chi connectivity index (χ1v) is 8.61. The zero-order chi connectivity index (χ0) is 16.4. The Bertz CT molecular complexity index is 739. The van der Waals surface area contributed by atoms with E-state index >= 15 is 0 Å². The van der Waals surface area contributed by atoms with Crippen molar-refractivity contribution in [2.24, 2.45) is 5.92 Å². The fourth-order valence-corrected chi connectivity index (χ4v) is 3.62. The Balaban J connectivity index is 1.54. The van der Waals surface area contributed by atoms with Gasteiger partial charge in [0.15, 0.2) is 5.82 Å². The third-order valence-electron chi connectivity index (χ3n) is 4.91. The molecule has 1 fully saturated rings. The number of carbonyl (C=O) groups is 1. The minimum Gasteiger partial charge on any atom is -0.332 e. The van der Waals surface area contributed by atoms with Crippen molar-refractivity contribution in [1.29, 1.82) is 0 Å². The SMILES string of the molecule is O=C([C@@H]1CC=CCC1)N1CCC[C@@H]1c1nc(-c2ccncc2)n[nH]1. The van der Waals surface area contributed by atoms with Gasteiger partial charge in [-0.25, -0.2) is 4.98 Å². The molecule has 2 atom stereocenters. The van der Waals surface area contributed by atoms with Crippen LogP contribution in [0.4, 0.5) is 0 Å². The molecule has 1 N–H and O–H groups in total. The van der Waals surface area contributed by atoms with Crippen LogP contribution in [0.3, 0.4) is 0 Å². The molecule has 2 aliphatic rings. The molecule has 6 heteroatoms. The van der Waals surface area contributed by atoms with Gasteiger partial charge in [0.2, 0.25) is 5.91 Å². The van der Waals surface area contributed by atoms with E-state index in [-0.39, 0.29) is 17.9 Å². The Kier molecular flexibility index (Phi) is 4.11. The lowest BCUT2D eigenvalue weighted by Gasteiger charge is -2.28. The normalized spacial score (nSPS) is 23.6. The maximum atomic E-state index is 12.9. The lowest BCUT2D eigenvalue weighted by molar-refractivity contribution is -0.136. The summed E-state index contributed by atoms with van der Waals surface area (Å²) in [5.41, 5.74) is 0.931. The van der Waals surface area contributed by atoms with Crippen molar-refractivity contribution in [1.82, 2.24) is 25.1 Å². The third-order valence-corrected chi connectivity index (χ3v) is 4.91. The molecule has 4 rings (SSSR count). The van der Waals surface area contributed by atoms with Crippen molar-refractivity contribution in [2.45, 2.75) is 38.1 Å². The quantitative estimate of drug-likeness (QED) is 0.881. The van der Waals surface area contributed by atoms with Gasteiger partial charge in [0.1, 0.15) is 5.82 Å². The molecule has 6 nitrogen and oxygen atoms in total. The number of H-pyrrole nitrogens is 1. The highest BCUT2D eigenvalue weighted by Gasteiger charge is 2.35. The summed E-state index contributed by atoms with van der Waals surface area (Å²) in [6.45, 7) is 0.814. The summed E-state index contributed by atoms with van der Waals surface area (Å²) in [5, 5.41) is 7.37. The predicted molar refractivity (Wildman–Crippen MR) is 89.8 cm³/mol. The van der Waals surface area contributed by atoms with E-state index in [1.54, 1.807) is 12.4 Å². The van der Waals surface area contributed by atoms with Crippen LogP contribution in [0, 0.1) is 5.92 Å². The monoisotopic (exact) mass is 323 g/mol. The fraction of sp³-hybridized carbons (Fsp3) is 0.444. The molecule has 2 aromatic heterocycles. The summed E-state index contributed by atoms with van der Waals surface area (Å²) < 4.78 is 0. The molecule has 24 heavy (non-hydrogen) atoms. The molecule has 0 spiro atoms. The molecule has 0 aromatic carbocycles. The van der Waals surface area contributed by atoms with Crippen LogP contribution in [0.15, 0.2) is 36.7 Å². The van der Waals surface area contributed by atoms with Gasteiger partial charge in [-0.2, -0.15) is 5.10 Å². The third kappa shape index (κ3) is 2.84. The van der Waals surface area contributed by atoms with Crippen LogP contribution in [-0.2, 0) is 4.79 Å². The second kappa shape index (κ2) is 6.55. The molecule has 1 aliphatic heterocycles. The largest absolute Gasteiger partial charge is 0.332 e. The number of nitrogens with zero attached hydrogens (tertiary/aromatic N) is 4. The molecule has 2 aromatic rings. The summed E-state index contributed by atoms with van der Waals surface area (Å²) in [7, 11) is 0. The first-order valence-electron chi connectivity index (χ1n) is 8.61. The van der Waals surface area contributed by atoms with Crippen LogP contribution >= 0.6 is 0 Å². The number of allylic oxidation sites excluding steroid dienone is 2. The van der Waals surface area contributed by atoms with Gasteiger partial charge in [0.05, 0.1) is 6.04 Å². The van der Waals surface area contributed by atoms with Crippen LogP contribution in [0.2, 0.25) is 0 Å². The number of likely N-dealkylation sites (tertiary alicyclic amines) is 1. The molecular weight excluding hydrogens is 302 g/mol. The minimum atomic E-state index is 0.0199. The molecule has 3 heterocycles. The van der Waals surface area contributed by atoms with Crippen molar-refractivity contribution in [3.05, 3.63) is 42.5 Å². The lowest BCUT2D eigenvalue weighted by atomic mass is 9.93. The zero-order valence-corrected chi connectivity index (χ0v) is 13.6. The van der Waals surface area contributed by atoms with Crippen molar-refractivity contribution in [2.75, 3.05) is 6.54 Å². The highest BCUT2D eigenvalue weighted by atomic mass is 16.2. The van der Waals surface area contributed by atoms with Gasteiger partial charge in [-0.3, -0.25) is 14.9 Å². The zero-order valence-electron chi connectivity index (χ0n) is 13.6. The van der Waals surface area contributed by atoms with E-state index in [0.29, 0.717) is 5.82 Å². The maximum Gasteiger partial charge on any atom is 0.226 e. The molecule has 124 valence electrons. The topological polar surface area (TPSA) is 74.8 Å². The number of hydrogen-bond acceptors (Lipinski definition) is 4. The summed E-state index contributed by atoms with van der Waals surface area (Å²) >= 11 is 0. The van der Waals surface area contributed by atoms with Gasteiger partial charge in [-0.15, -0.1) is 0 Å². The number of amides is 1. The van der Waals surface area contributed by atoms with E-state index in [1.807, 2.05) is 17.0 Å². The van der Waals surface area contributed by atoms with E-state index in [2.05, 4.69) is 32.3 Å². The van der Waals surface area contributed by atoms with Crippen molar-refractivity contribution >= 4 is 5.91 Å². The highest BCUT2D eigenvalue weighted by molar-refractivity contribution is 5.80. The second-order valence-electron chi connectivity index (χ2n) is 6.45. The Morgan fingerprint density at radius 2 is 2.08 bits per heavy atom. The first-order chi connectivity index (χ1) is 11.8. The standard InChI is InChI=1S/C18H21N5O/c24-18(14-5-2-1-3-6-14)23-12-4-7-15(23)17-20-16(21-22-17)13-8-10-19-11-9-13/h1-2,8-11,14-15H,3-7,12H2,(H,20,21,22)/t14-,15-/m1/s1. The molecular formula is C18H21N5O. The van der Waals surface area contributed by atoms with Crippen LogP contribution in [0.5, 0.6) is 0 Å². The number of aromatic amines is 1. The molecule has 0 bridgehead atoms. The number of pyridine rings is 1. The smallest absolute Gasteiger partial charge is 0.226 e. The number of carbonyl (C=O) groups excluding carboxylic acids is 1. The van der Waals surface area contributed by atoms with Gasteiger partial charge >= 0.3 is 0 Å². The molecule has 1 aliphatic carbocycles. The predicted octanol–water partition coefficient (Wildman–Crippen LogP) is 2.89. The van der Waals surface area contributed by atoms with Crippen molar-refractivity contribution in [3.8, 4) is 11.4 Å². The second-order valence-corrected chi connectivity index (χ2v) is 6.45. The Morgan fingerprint density at radius 3 is 2.88 bits per heavy atom. The van der Waals surface area contributed by atoms with Crippen LogP contribution in [0.1, 0.15) is 44.0 Å². The number of nitrogens with one attached hydrogen (secondary N) is 1. The van der Waals surface area contributed by atoms with E-state index in [1.165, 1.54) is 0 Å². The summed E-state index contributed by atoms with van der Waals surface area (Å²) in [5.74, 6) is 1.84. The maximum absolute atomic E-state index is 12.9. The molecule has 0 saturated carbocycles. The van der Waals surface area contributed by atoms with E-state index in [4.69, 9.17) is 0 Å². The van der Waals surface area contributed by atoms with E-state index < -0.39 is 0 Å². The van der Waals surface area contributed by atoms with Gasteiger partial charge in [0, 0.05) is 30.4 Å². The van der Waals surface area contributed by atoms with E-state index in [9.17, 15) is 4.79 Å². The molecule has 1 amide bonds. The summed E-state index contributed by atoms with van der Waals surface area (Å²) in [6, 6.07) is 3.80. The van der Waals surface area contributed by atoms with Gasteiger partial charge < -0.3 is 4.90 Å². The van der Waals surface area contributed by atoms with Crippen LogP contribution < -0.4 is 0 Å². The van der Waals surface area contributed by atoms with Crippen LogP contribution in [-0.4, -0.2) is 37.5 Å². The molecule has 0 unspecified atom stereocenters. The molecule has 1 saturated heterocycles. The van der Waals surface area contributed by atoms with Gasteiger partial charge in [-0.1, -0.05) is 12.2 Å². The van der Waals surface area contributed by atoms with Crippen molar-refractivity contribution < 1.29 is 4.79 Å². The summed E-state index contributed by atoms with van der Waals surface area (Å²) in [6.07, 6.45) is 12.5. The minimum absolute atomic E-state index is 0.0199.